The summed E-state index contributed by atoms with van der Waals surface area (Å²) < 4.78 is 2.86. The zero-order chi connectivity index (χ0) is 11.7. The lowest BCUT2D eigenvalue weighted by atomic mass is 10.2. The number of rotatable bonds is 2. The van der Waals surface area contributed by atoms with Gasteiger partial charge in [-0.3, -0.25) is 0 Å². The molecule has 0 saturated carbocycles. The Balaban J connectivity index is 2.59. The number of halogens is 2. The molecule has 3 nitrogen and oxygen atoms in total. The van der Waals surface area contributed by atoms with Crippen LogP contribution in [-0.2, 0) is 0 Å². The van der Waals surface area contributed by atoms with Crippen molar-refractivity contribution in [3.8, 4) is 11.4 Å². The average molecular weight is 301 g/mol. The molecule has 0 unspecified atom stereocenters. The molecule has 0 aliphatic carbocycles. The summed E-state index contributed by atoms with van der Waals surface area (Å²) in [5.74, 6) is 0.793. The summed E-state index contributed by atoms with van der Waals surface area (Å²) in [5, 5.41) is 8.71. The van der Waals surface area contributed by atoms with E-state index in [1.54, 1.807) is 6.33 Å². The van der Waals surface area contributed by atoms with Gasteiger partial charge in [-0.1, -0.05) is 17.7 Å². The van der Waals surface area contributed by atoms with Crippen molar-refractivity contribution in [2.24, 2.45) is 0 Å². The highest BCUT2D eigenvalue weighted by Gasteiger charge is 2.14. The van der Waals surface area contributed by atoms with Crippen LogP contribution in [0.1, 0.15) is 19.9 Å². The molecule has 84 valence electrons. The van der Waals surface area contributed by atoms with Crippen LogP contribution in [0.2, 0.25) is 5.02 Å². The second-order valence-electron chi connectivity index (χ2n) is 3.76. The van der Waals surface area contributed by atoms with Crippen molar-refractivity contribution < 1.29 is 0 Å². The maximum atomic E-state index is 6.23. The predicted octanol–water partition coefficient (Wildman–Crippen LogP) is 3.94. The van der Waals surface area contributed by atoms with Gasteiger partial charge in [0.1, 0.15) is 6.33 Å². The fraction of sp³-hybridized carbons (Fsp3) is 0.273. The molecular formula is C11H11BrClN3. The lowest BCUT2D eigenvalue weighted by molar-refractivity contribution is 0.604. The van der Waals surface area contributed by atoms with Crippen molar-refractivity contribution in [1.82, 2.24) is 14.8 Å². The van der Waals surface area contributed by atoms with Gasteiger partial charge in [-0.25, -0.2) is 0 Å². The van der Waals surface area contributed by atoms with Gasteiger partial charge in [0.05, 0.1) is 5.02 Å². The van der Waals surface area contributed by atoms with E-state index < -0.39 is 0 Å². The Labute approximate surface area is 108 Å². The van der Waals surface area contributed by atoms with E-state index in [4.69, 9.17) is 11.6 Å². The minimum Gasteiger partial charge on any atom is -0.311 e. The summed E-state index contributed by atoms with van der Waals surface area (Å²) >= 11 is 9.64. The van der Waals surface area contributed by atoms with Crippen LogP contribution in [0.15, 0.2) is 29.0 Å². The normalized spacial score (nSPS) is 11.1. The van der Waals surface area contributed by atoms with Gasteiger partial charge < -0.3 is 4.57 Å². The third kappa shape index (κ3) is 1.99. The van der Waals surface area contributed by atoms with Gasteiger partial charge in [0.2, 0.25) is 0 Å². The highest BCUT2D eigenvalue weighted by atomic mass is 79.9. The van der Waals surface area contributed by atoms with E-state index in [9.17, 15) is 0 Å². The van der Waals surface area contributed by atoms with E-state index in [1.165, 1.54) is 0 Å². The summed E-state index contributed by atoms with van der Waals surface area (Å²) in [6.45, 7) is 4.16. The Kier molecular flexibility index (Phi) is 3.30. The molecule has 0 amide bonds. The molecule has 0 aliphatic rings. The molecule has 0 atom stereocenters. The topological polar surface area (TPSA) is 30.7 Å². The van der Waals surface area contributed by atoms with Crippen molar-refractivity contribution in [2.75, 3.05) is 0 Å². The second-order valence-corrected chi connectivity index (χ2v) is 4.99. The fourth-order valence-electron chi connectivity index (χ4n) is 1.49. The predicted molar refractivity (Wildman–Crippen MR) is 68.6 cm³/mol. The van der Waals surface area contributed by atoms with E-state index in [0.29, 0.717) is 11.1 Å². The summed E-state index contributed by atoms with van der Waals surface area (Å²) in [7, 11) is 0. The van der Waals surface area contributed by atoms with E-state index in [0.717, 1.165) is 15.9 Å². The van der Waals surface area contributed by atoms with Gasteiger partial charge in [-0.15, -0.1) is 10.2 Å². The minimum atomic E-state index is 0.306. The van der Waals surface area contributed by atoms with Gasteiger partial charge in [-0.05, 0) is 41.9 Å². The van der Waals surface area contributed by atoms with E-state index in [2.05, 4.69) is 40.0 Å². The first-order valence-corrected chi connectivity index (χ1v) is 6.12. The van der Waals surface area contributed by atoms with Crippen molar-refractivity contribution >= 4 is 27.5 Å². The number of nitrogens with zero attached hydrogens (tertiary/aromatic N) is 3. The molecule has 1 aromatic heterocycles. The van der Waals surface area contributed by atoms with Crippen LogP contribution in [-0.4, -0.2) is 14.8 Å². The number of hydrogen-bond acceptors (Lipinski definition) is 2. The standard InChI is InChI=1S/C11H11BrClN3/c1-7(2)16-6-14-15-11(16)8-4-3-5-9(12)10(8)13/h3-7H,1-2H3. The number of benzene rings is 1. The SMILES string of the molecule is CC(C)n1cnnc1-c1cccc(Br)c1Cl. The monoisotopic (exact) mass is 299 g/mol. The first kappa shape index (κ1) is 11.6. The Morgan fingerprint density at radius 3 is 2.81 bits per heavy atom. The van der Waals surface area contributed by atoms with Crippen molar-refractivity contribution in [3.05, 3.63) is 34.0 Å². The molecule has 0 N–H and O–H groups in total. The summed E-state index contributed by atoms with van der Waals surface area (Å²) in [4.78, 5) is 0. The van der Waals surface area contributed by atoms with E-state index in [1.807, 2.05) is 22.8 Å². The Morgan fingerprint density at radius 1 is 1.38 bits per heavy atom. The van der Waals surface area contributed by atoms with Crippen molar-refractivity contribution in [2.45, 2.75) is 19.9 Å². The first-order valence-electron chi connectivity index (χ1n) is 4.95. The van der Waals surface area contributed by atoms with Crippen LogP contribution in [0.3, 0.4) is 0 Å². The number of aromatic nitrogens is 3. The molecule has 2 aromatic rings. The highest BCUT2D eigenvalue weighted by molar-refractivity contribution is 9.10. The molecule has 0 saturated heterocycles. The van der Waals surface area contributed by atoms with Gasteiger partial charge in [0.25, 0.3) is 0 Å². The minimum absolute atomic E-state index is 0.306. The molecule has 1 aromatic carbocycles. The van der Waals surface area contributed by atoms with Gasteiger partial charge >= 0.3 is 0 Å². The zero-order valence-corrected chi connectivity index (χ0v) is 11.3. The summed E-state index contributed by atoms with van der Waals surface area (Å²) in [6, 6.07) is 6.09. The van der Waals surface area contributed by atoms with Crippen LogP contribution in [0.4, 0.5) is 0 Å². The van der Waals surface area contributed by atoms with Gasteiger partial charge in [0, 0.05) is 16.1 Å². The third-order valence-electron chi connectivity index (χ3n) is 2.32. The Bertz CT molecular complexity index is 508. The lowest BCUT2D eigenvalue weighted by Crippen LogP contribution is -2.02. The molecule has 0 radical (unpaired) electrons. The van der Waals surface area contributed by atoms with Crippen molar-refractivity contribution in [3.63, 3.8) is 0 Å². The van der Waals surface area contributed by atoms with Crippen LogP contribution in [0.25, 0.3) is 11.4 Å². The molecule has 1 heterocycles. The maximum Gasteiger partial charge on any atom is 0.165 e. The lowest BCUT2D eigenvalue weighted by Gasteiger charge is -2.11. The summed E-state index contributed by atoms with van der Waals surface area (Å²) in [6.07, 6.45) is 1.72. The van der Waals surface area contributed by atoms with Gasteiger partial charge in [-0.2, -0.15) is 0 Å². The maximum absolute atomic E-state index is 6.23. The molecule has 0 aliphatic heterocycles. The van der Waals surface area contributed by atoms with Crippen LogP contribution in [0.5, 0.6) is 0 Å². The highest BCUT2D eigenvalue weighted by Crippen LogP contribution is 2.33. The van der Waals surface area contributed by atoms with E-state index in [-0.39, 0.29) is 0 Å². The second kappa shape index (κ2) is 4.55. The van der Waals surface area contributed by atoms with Crippen LogP contribution < -0.4 is 0 Å². The molecule has 0 fully saturated rings. The molecular weight excluding hydrogens is 289 g/mol. The third-order valence-corrected chi connectivity index (χ3v) is 3.62. The quantitative estimate of drug-likeness (QED) is 0.841. The number of hydrogen-bond donors (Lipinski definition) is 0. The van der Waals surface area contributed by atoms with E-state index >= 15 is 0 Å². The van der Waals surface area contributed by atoms with Gasteiger partial charge in [0.15, 0.2) is 5.82 Å². The largest absolute Gasteiger partial charge is 0.311 e. The van der Waals surface area contributed by atoms with Crippen LogP contribution >= 0.6 is 27.5 Å². The smallest absolute Gasteiger partial charge is 0.165 e. The molecule has 2 rings (SSSR count). The molecule has 0 bridgehead atoms. The molecule has 5 heteroatoms. The Hall–Kier alpha value is -0.870. The first-order chi connectivity index (χ1) is 7.61. The van der Waals surface area contributed by atoms with Crippen molar-refractivity contribution in [1.29, 1.82) is 0 Å². The molecule has 16 heavy (non-hydrogen) atoms. The summed E-state index contributed by atoms with van der Waals surface area (Å²) in [5.41, 5.74) is 0.891. The molecule has 0 spiro atoms. The Morgan fingerprint density at radius 2 is 2.12 bits per heavy atom. The average Bonchev–Trinajstić information content (AvgIpc) is 2.70. The van der Waals surface area contributed by atoms with Crippen LogP contribution in [0, 0.1) is 0 Å². The fourth-order valence-corrected chi connectivity index (χ4v) is 2.07. The zero-order valence-electron chi connectivity index (χ0n) is 8.98.